The minimum Gasteiger partial charge on any atom is -0.480 e. The van der Waals surface area contributed by atoms with Crippen molar-refractivity contribution in [3.05, 3.63) is 0 Å². The van der Waals surface area contributed by atoms with E-state index < -0.39 is 18.0 Å². The Labute approximate surface area is 127 Å². The average molecular weight is 299 g/mol. The monoisotopic (exact) mass is 299 g/mol. The second-order valence-electron chi connectivity index (χ2n) is 6.19. The number of nitrogens with zero attached hydrogens (tertiary/aromatic N) is 1. The van der Waals surface area contributed by atoms with Crippen LogP contribution in [0.25, 0.3) is 0 Å². The molecule has 0 aromatic carbocycles. The molecule has 2 atom stereocenters. The number of hydrogen-bond donors (Lipinski definition) is 3. The van der Waals surface area contributed by atoms with Gasteiger partial charge in [-0.3, -0.25) is 0 Å². The van der Waals surface area contributed by atoms with Crippen LogP contribution in [-0.2, 0) is 4.79 Å². The Kier molecular flexibility index (Phi) is 7.50. The zero-order valence-electron chi connectivity index (χ0n) is 13.4. The summed E-state index contributed by atoms with van der Waals surface area (Å²) in [5.41, 5.74) is 0. The molecule has 1 aliphatic rings. The first-order valence-corrected chi connectivity index (χ1v) is 7.93. The molecule has 0 spiro atoms. The van der Waals surface area contributed by atoms with Crippen molar-refractivity contribution in [2.45, 2.75) is 58.5 Å². The van der Waals surface area contributed by atoms with Crippen LogP contribution >= 0.6 is 0 Å². The van der Waals surface area contributed by atoms with E-state index in [4.69, 9.17) is 5.11 Å². The van der Waals surface area contributed by atoms with E-state index in [0.717, 1.165) is 19.5 Å². The van der Waals surface area contributed by atoms with Crippen LogP contribution < -0.4 is 10.6 Å². The fourth-order valence-electron chi connectivity index (χ4n) is 2.68. The van der Waals surface area contributed by atoms with Crippen molar-refractivity contribution in [3.63, 3.8) is 0 Å². The van der Waals surface area contributed by atoms with E-state index >= 15 is 0 Å². The highest BCUT2D eigenvalue weighted by Crippen LogP contribution is 2.15. The molecular weight excluding hydrogens is 270 g/mol. The first kappa shape index (κ1) is 17.8. The summed E-state index contributed by atoms with van der Waals surface area (Å²) in [6, 6.07) is -0.611. The summed E-state index contributed by atoms with van der Waals surface area (Å²) in [6.45, 7) is 8.49. The molecule has 0 aromatic rings. The van der Waals surface area contributed by atoms with Crippen molar-refractivity contribution in [1.82, 2.24) is 15.5 Å². The number of carbonyl (C=O) groups excluding carboxylic acids is 1. The summed E-state index contributed by atoms with van der Waals surface area (Å²) in [5, 5.41) is 14.3. The van der Waals surface area contributed by atoms with Gasteiger partial charge in [-0.05, 0) is 38.6 Å². The van der Waals surface area contributed by atoms with Crippen LogP contribution in [0.3, 0.4) is 0 Å². The molecule has 6 heteroatoms. The largest absolute Gasteiger partial charge is 0.480 e. The number of hydrogen-bond acceptors (Lipinski definition) is 3. The predicted octanol–water partition coefficient (Wildman–Crippen LogP) is 1.66. The highest BCUT2D eigenvalue weighted by atomic mass is 16.4. The van der Waals surface area contributed by atoms with Gasteiger partial charge in [0.05, 0.1) is 0 Å². The topological polar surface area (TPSA) is 81.7 Å². The third-order valence-corrected chi connectivity index (χ3v) is 4.07. The molecule has 1 rings (SSSR count). The van der Waals surface area contributed by atoms with Crippen molar-refractivity contribution < 1.29 is 14.7 Å². The Bertz CT molecular complexity index is 347. The lowest BCUT2D eigenvalue weighted by Crippen LogP contribution is -2.49. The third-order valence-electron chi connectivity index (χ3n) is 4.07. The maximum atomic E-state index is 11.7. The van der Waals surface area contributed by atoms with Crippen LogP contribution in [0.4, 0.5) is 4.79 Å². The molecule has 21 heavy (non-hydrogen) atoms. The van der Waals surface area contributed by atoms with Crippen LogP contribution in [0, 0.1) is 5.92 Å². The Morgan fingerprint density at radius 2 is 2.05 bits per heavy atom. The fourth-order valence-corrected chi connectivity index (χ4v) is 2.68. The Morgan fingerprint density at radius 3 is 2.62 bits per heavy atom. The number of nitrogens with one attached hydrogen (secondary N) is 2. The van der Waals surface area contributed by atoms with Gasteiger partial charge in [0, 0.05) is 19.1 Å². The lowest BCUT2D eigenvalue weighted by molar-refractivity contribution is -0.140. The highest BCUT2D eigenvalue weighted by molar-refractivity contribution is 5.82. The Hall–Kier alpha value is -1.30. The molecule has 0 aromatic heterocycles. The van der Waals surface area contributed by atoms with Crippen molar-refractivity contribution in [3.8, 4) is 0 Å². The van der Waals surface area contributed by atoms with Gasteiger partial charge in [-0.15, -0.1) is 0 Å². The van der Waals surface area contributed by atoms with E-state index in [1.807, 2.05) is 0 Å². The zero-order valence-corrected chi connectivity index (χ0v) is 13.4. The summed E-state index contributed by atoms with van der Waals surface area (Å²) >= 11 is 0. The number of likely N-dealkylation sites (tertiary alicyclic amines) is 1. The normalized spacial score (nSPS) is 21.0. The van der Waals surface area contributed by atoms with Gasteiger partial charge >= 0.3 is 12.0 Å². The van der Waals surface area contributed by atoms with Crippen LogP contribution in [0.15, 0.2) is 0 Å². The smallest absolute Gasteiger partial charge is 0.326 e. The van der Waals surface area contributed by atoms with E-state index in [1.165, 1.54) is 19.3 Å². The van der Waals surface area contributed by atoms with Crippen LogP contribution in [0.1, 0.15) is 46.5 Å². The number of amides is 2. The van der Waals surface area contributed by atoms with Crippen LogP contribution in [0.2, 0.25) is 0 Å². The van der Waals surface area contributed by atoms with Gasteiger partial charge in [-0.1, -0.05) is 20.3 Å². The van der Waals surface area contributed by atoms with E-state index in [1.54, 1.807) is 13.8 Å². The number of carbonyl (C=O) groups is 2. The standard InChI is InChI=1S/C15H29N3O3/c1-11(2)13(14(19)20)17-15(21)16-8-6-10-18-9-5-4-7-12(18)3/h11-13H,4-10H2,1-3H3,(H,19,20)(H2,16,17,21)/t12?,13-/m1/s1. The molecule has 1 heterocycles. The SMILES string of the molecule is CC(C)[C@@H](NC(=O)NCCCN1CCCCC1C)C(=O)O. The minimum absolute atomic E-state index is 0.137. The highest BCUT2D eigenvalue weighted by Gasteiger charge is 2.23. The second-order valence-corrected chi connectivity index (χ2v) is 6.19. The summed E-state index contributed by atoms with van der Waals surface area (Å²) in [7, 11) is 0. The van der Waals surface area contributed by atoms with Gasteiger partial charge in [0.15, 0.2) is 0 Å². The molecule has 0 aliphatic carbocycles. The molecular formula is C15H29N3O3. The molecule has 0 saturated carbocycles. The molecule has 1 saturated heterocycles. The maximum absolute atomic E-state index is 11.7. The molecule has 1 fully saturated rings. The maximum Gasteiger partial charge on any atom is 0.326 e. The molecule has 0 bridgehead atoms. The molecule has 122 valence electrons. The third kappa shape index (κ3) is 6.33. The number of carboxylic acid groups (broad SMARTS) is 1. The quantitative estimate of drug-likeness (QED) is 0.624. The first-order chi connectivity index (χ1) is 9.91. The zero-order chi connectivity index (χ0) is 15.8. The van der Waals surface area contributed by atoms with Gasteiger partial charge in [0.1, 0.15) is 6.04 Å². The molecule has 1 unspecified atom stereocenters. The number of urea groups is 1. The predicted molar refractivity (Wildman–Crippen MR) is 82.3 cm³/mol. The number of aliphatic carboxylic acids is 1. The van der Waals surface area contributed by atoms with Crippen LogP contribution in [0.5, 0.6) is 0 Å². The minimum atomic E-state index is -0.998. The van der Waals surface area contributed by atoms with E-state index in [9.17, 15) is 9.59 Å². The number of rotatable bonds is 7. The summed E-state index contributed by atoms with van der Waals surface area (Å²) < 4.78 is 0. The van der Waals surface area contributed by atoms with Crippen LogP contribution in [-0.4, -0.2) is 53.7 Å². The molecule has 2 amide bonds. The summed E-state index contributed by atoms with van der Waals surface area (Å²) in [6.07, 6.45) is 4.71. The molecule has 3 N–H and O–H groups in total. The number of piperidine rings is 1. The van der Waals surface area contributed by atoms with E-state index in [2.05, 4.69) is 22.5 Å². The first-order valence-electron chi connectivity index (χ1n) is 7.93. The molecule has 6 nitrogen and oxygen atoms in total. The van der Waals surface area contributed by atoms with E-state index in [0.29, 0.717) is 12.6 Å². The van der Waals surface area contributed by atoms with Gasteiger partial charge in [-0.25, -0.2) is 9.59 Å². The fraction of sp³-hybridized carbons (Fsp3) is 0.867. The van der Waals surface area contributed by atoms with Crippen molar-refractivity contribution in [1.29, 1.82) is 0 Å². The van der Waals surface area contributed by atoms with Crippen molar-refractivity contribution >= 4 is 12.0 Å². The number of carboxylic acids is 1. The Morgan fingerprint density at radius 1 is 1.33 bits per heavy atom. The van der Waals surface area contributed by atoms with Crippen molar-refractivity contribution in [2.75, 3.05) is 19.6 Å². The van der Waals surface area contributed by atoms with Gasteiger partial charge in [0.25, 0.3) is 0 Å². The summed E-state index contributed by atoms with van der Waals surface area (Å²) in [4.78, 5) is 25.1. The van der Waals surface area contributed by atoms with Crippen molar-refractivity contribution in [2.24, 2.45) is 5.92 Å². The van der Waals surface area contributed by atoms with E-state index in [-0.39, 0.29) is 5.92 Å². The Balaban J connectivity index is 2.19. The van der Waals surface area contributed by atoms with Gasteiger partial charge in [0.2, 0.25) is 0 Å². The van der Waals surface area contributed by atoms with Gasteiger partial charge < -0.3 is 20.6 Å². The summed E-state index contributed by atoms with van der Waals surface area (Å²) in [5.74, 6) is -1.13. The molecule has 0 radical (unpaired) electrons. The second kappa shape index (κ2) is 8.87. The average Bonchev–Trinajstić information content (AvgIpc) is 2.42. The molecule has 1 aliphatic heterocycles. The lowest BCUT2D eigenvalue weighted by Gasteiger charge is -2.33. The van der Waals surface area contributed by atoms with Gasteiger partial charge in [-0.2, -0.15) is 0 Å². The lowest BCUT2D eigenvalue weighted by atomic mass is 10.0.